The van der Waals surface area contributed by atoms with Crippen LogP contribution in [-0.4, -0.2) is 73.1 Å². The van der Waals surface area contributed by atoms with Crippen molar-refractivity contribution in [3.63, 3.8) is 0 Å². The molecule has 7 rings (SSSR count). The molecule has 1 fully saturated rings. The van der Waals surface area contributed by atoms with E-state index >= 15 is 8.78 Å². The van der Waals surface area contributed by atoms with E-state index in [1.165, 1.54) is 15.9 Å². The van der Waals surface area contributed by atoms with Gasteiger partial charge in [-0.25, -0.2) is 31.6 Å². The van der Waals surface area contributed by atoms with Crippen molar-refractivity contribution in [3.05, 3.63) is 47.3 Å². The summed E-state index contributed by atoms with van der Waals surface area (Å²) in [5, 5.41) is -0.779. The van der Waals surface area contributed by atoms with Gasteiger partial charge >= 0.3 is 0 Å². The largest absolute Gasteiger partial charge is 0.375 e. The number of benzene rings is 2. The number of halogens is 4. The second kappa shape index (κ2) is 9.02. The Bertz CT molecular complexity index is 2050. The Hall–Kier alpha value is -3.95. The third-order valence-corrected chi connectivity index (χ3v) is 10.6. The summed E-state index contributed by atoms with van der Waals surface area (Å²) >= 11 is 7.35. The summed E-state index contributed by atoms with van der Waals surface area (Å²) in [7, 11) is -4.06. The number of fused-ring (bicyclic) bond motifs is 5. The fourth-order valence-electron chi connectivity index (χ4n) is 5.94. The summed E-state index contributed by atoms with van der Waals surface area (Å²) in [5.41, 5.74) is 4.32. The van der Waals surface area contributed by atoms with Crippen LogP contribution in [0.4, 0.5) is 29.7 Å². The van der Waals surface area contributed by atoms with Crippen molar-refractivity contribution in [3.8, 4) is 11.1 Å². The van der Waals surface area contributed by atoms with Gasteiger partial charge in [0.2, 0.25) is 5.91 Å². The second-order valence-electron chi connectivity index (χ2n) is 10.0. The van der Waals surface area contributed by atoms with E-state index in [0.29, 0.717) is 6.07 Å². The second-order valence-corrected chi connectivity index (χ2v) is 13.5. The van der Waals surface area contributed by atoms with Gasteiger partial charge in [0.05, 0.1) is 33.2 Å². The smallest absolute Gasteiger partial charge is 0.251 e. The van der Waals surface area contributed by atoms with Gasteiger partial charge in [0.15, 0.2) is 25.8 Å². The van der Waals surface area contributed by atoms with Crippen molar-refractivity contribution < 1.29 is 31.2 Å². The summed E-state index contributed by atoms with van der Waals surface area (Å²) in [5.74, 6) is -4.51. The van der Waals surface area contributed by atoms with Crippen LogP contribution in [0.25, 0.3) is 32.2 Å². The molecule has 0 unspecified atom stereocenters. The lowest BCUT2D eigenvalue weighted by Crippen LogP contribution is -2.64. The monoisotopic (exact) mass is 634 g/mol. The highest BCUT2D eigenvalue weighted by Gasteiger charge is 2.48. The predicted octanol–water partition coefficient (Wildman–Crippen LogP) is 3.50. The van der Waals surface area contributed by atoms with Gasteiger partial charge in [-0.15, -0.1) is 0 Å². The van der Waals surface area contributed by atoms with Crippen molar-refractivity contribution in [1.82, 2.24) is 14.9 Å². The molecule has 16 heteroatoms. The number of thiazole rings is 1. The molecule has 2 aromatic carbocycles. The first-order chi connectivity index (χ1) is 19.9. The number of pyridine rings is 1. The first-order valence-electron chi connectivity index (χ1n) is 12.5. The van der Waals surface area contributed by atoms with Gasteiger partial charge in [0, 0.05) is 42.2 Å². The fourth-order valence-corrected chi connectivity index (χ4v) is 8.32. The summed E-state index contributed by atoms with van der Waals surface area (Å²) in [6.07, 6.45) is 1.14. The molecule has 0 aliphatic carbocycles. The summed E-state index contributed by atoms with van der Waals surface area (Å²) in [6, 6.07) is 0.987. The number of sulfone groups is 1. The van der Waals surface area contributed by atoms with E-state index in [0.717, 1.165) is 17.4 Å². The molecule has 3 aliphatic heterocycles. The molecule has 0 radical (unpaired) electrons. The van der Waals surface area contributed by atoms with E-state index < -0.39 is 66.7 Å². The van der Waals surface area contributed by atoms with Crippen LogP contribution in [0.15, 0.2) is 29.8 Å². The van der Waals surface area contributed by atoms with E-state index in [1.807, 2.05) is 0 Å². The Morgan fingerprint density at radius 3 is 2.60 bits per heavy atom. The maximum Gasteiger partial charge on any atom is 0.251 e. The van der Waals surface area contributed by atoms with Crippen LogP contribution in [0.3, 0.4) is 0 Å². The van der Waals surface area contributed by atoms with Crippen LogP contribution < -0.4 is 15.5 Å². The van der Waals surface area contributed by atoms with Gasteiger partial charge in [-0.3, -0.25) is 9.59 Å². The summed E-state index contributed by atoms with van der Waals surface area (Å²) in [4.78, 5) is 38.5. The van der Waals surface area contributed by atoms with E-state index in [1.54, 1.807) is 4.90 Å². The van der Waals surface area contributed by atoms with Crippen LogP contribution in [0.1, 0.15) is 0 Å². The quantitative estimate of drug-likeness (QED) is 0.332. The zero-order chi connectivity index (χ0) is 29.8. The molecule has 2 amide bonds. The van der Waals surface area contributed by atoms with Gasteiger partial charge in [0.25, 0.3) is 5.91 Å². The van der Waals surface area contributed by atoms with Gasteiger partial charge in [-0.2, -0.15) is 0 Å². The molecule has 216 valence electrons. The predicted molar refractivity (Wildman–Crippen MR) is 152 cm³/mol. The molecule has 4 aromatic rings. The van der Waals surface area contributed by atoms with Crippen molar-refractivity contribution in [2.45, 2.75) is 11.1 Å². The number of amides is 2. The highest BCUT2D eigenvalue weighted by Crippen LogP contribution is 2.50. The Kier molecular flexibility index (Phi) is 5.78. The van der Waals surface area contributed by atoms with Gasteiger partial charge in [0.1, 0.15) is 28.9 Å². The number of nitrogens with zero attached hydrogens (tertiary/aromatic N) is 5. The molecule has 10 nitrogen and oxygen atoms in total. The molecule has 2 aromatic heterocycles. The van der Waals surface area contributed by atoms with Crippen molar-refractivity contribution in [2.24, 2.45) is 0 Å². The van der Waals surface area contributed by atoms with Gasteiger partial charge in [-0.1, -0.05) is 29.5 Å². The van der Waals surface area contributed by atoms with Crippen LogP contribution >= 0.6 is 22.9 Å². The number of carbonyl (C=O) groups is 2. The molecule has 5 heterocycles. The van der Waals surface area contributed by atoms with Gasteiger partial charge < -0.3 is 20.4 Å². The SMILES string of the molecule is C=CC(=O)N1CCN2c3c4c(nc5c(F)c(-c6c(F)cc(F)c7sc(N)nc67)c(Cl)cc35)S(=O)(=O)CCN4C(=O)[C@H]2C1. The molecule has 0 spiro atoms. The number of hydrogen-bond acceptors (Lipinski definition) is 9. The molecular weight excluding hydrogens is 617 g/mol. The molecule has 42 heavy (non-hydrogen) atoms. The number of anilines is 3. The highest BCUT2D eigenvalue weighted by atomic mass is 35.5. The third-order valence-electron chi connectivity index (χ3n) is 7.78. The van der Waals surface area contributed by atoms with Gasteiger partial charge in [-0.05, 0) is 12.1 Å². The number of carbonyl (C=O) groups excluding carboxylic acids is 2. The minimum absolute atomic E-state index is 0.00402. The molecule has 0 bridgehead atoms. The minimum atomic E-state index is -4.06. The first-order valence-corrected chi connectivity index (χ1v) is 15.4. The number of hydrogen-bond donors (Lipinski definition) is 1. The van der Waals surface area contributed by atoms with Crippen LogP contribution in [-0.2, 0) is 19.4 Å². The van der Waals surface area contributed by atoms with E-state index in [4.69, 9.17) is 17.3 Å². The zero-order valence-electron chi connectivity index (χ0n) is 21.3. The third kappa shape index (κ3) is 3.59. The van der Waals surface area contributed by atoms with Crippen LogP contribution in [0, 0.1) is 17.5 Å². The Labute approximate surface area is 244 Å². The Balaban J connectivity index is 1.54. The highest BCUT2D eigenvalue weighted by molar-refractivity contribution is 7.91. The molecule has 3 aliphatic rings. The number of nitrogen functional groups attached to an aromatic ring is 1. The maximum atomic E-state index is 16.6. The summed E-state index contributed by atoms with van der Waals surface area (Å²) in [6.45, 7) is 3.62. The number of aromatic nitrogens is 2. The number of piperazine rings is 1. The Morgan fingerprint density at radius 1 is 1.10 bits per heavy atom. The average molecular weight is 635 g/mol. The van der Waals surface area contributed by atoms with Crippen LogP contribution in [0.5, 0.6) is 0 Å². The van der Waals surface area contributed by atoms with E-state index in [9.17, 15) is 22.4 Å². The zero-order valence-corrected chi connectivity index (χ0v) is 23.7. The molecule has 1 atom stereocenters. The van der Waals surface area contributed by atoms with Crippen molar-refractivity contribution in [1.29, 1.82) is 0 Å². The van der Waals surface area contributed by atoms with E-state index in [-0.39, 0.29) is 69.2 Å². The lowest BCUT2D eigenvalue weighted by atomic mass is 9.97. The maximum absolute atomic E-state index is 16.6. The van der Waals surface area contributed by atoms with Crippen LogP contribution in [0.2, 0.25) is 5.02 Å². The molecule has 1 saturated heterocycles. The Morgan fingerprint density at radius 2 is 1.86 bits per heavy atom. The van der Waals surface area contributed by atoms with Crippen molar-refractivity contribution in [2.75, 3.05) is 47.5 Å². The lowest BCUT2D eigenvalue weighted by molar-refractivity contribution is -0.128. The lowest BCUT2D eigenvalue weighted by Gasteiger charge is -2.49. The fraction of sp³-hybridized carbons (Fsp3) is 0.231. The normalized spacial score (nSPS) is 19.3. The first kappa shape index (κ1) is 26.9. The molecular formula is C26H18ClF3N6O4S2. The summed E-state index contributed by atoms with van der Waals surface area (Å²) < 4.78 is 72.8. The topological polar surface area (TPSA) is 130 Å². The number of rotatable bonds is 2. The van der Waals surface area contributed by atoms with E-state index in [2.05, 4.69) is 16.5 Å². The van der Waals surface area contributed by atoms with Crippen molar-refractivity contribution >= 4 is 82.2 Å². The minimum Gasteiger partial charge on any atom is -0.375 e. The molecule has 0 saturated carbocycles. The number of nitrogens with two attached hydrogens (primary N) is 1. The molecule has 2 N–H and O–H groups in total. The standard InChI is InChI=1S/C26H18ClF3N6O4S2/c1-2-15(37)34-3-4-35-14(9-34)25(38)36-5-6-42(39,40)24-22(36)21(35)10-7-11(27)16(18(30)19(10)32-24)17-12(28)8-13(29)23-20(17)33-26(31)41-23/h2,7-8,14H,1,3-6,9H2,(H2,31,33)/t14-/m1/s1. The average Bonchev–Trinajstić information content (AvgIpc) is 3.34.